The number of hydrogen-bond acceptors (Lipinski definition) is 2. The zero-order valence-corrected chi connectivity index (χ0v) is 14.5. The second kappa shape index (κ2) is 4.92. The van der Waals surface area contributed by atoms with Crippen molar-refractivity contribution in [3.05, 3.63) is 70.8 Å². The van der Waals surface area contributed by atoms with E-state index in [9.17, 15) is 0 Å². The molecule has 2 aromatic carbocycles. The quantitative estimate of drug-likeness (QED) is 0.417. The molecule has 3 aromatic heterocycles. The van der Waals surface area contributed by atoms with Gasteiger partial charge in [-0.15, -0.1) is 0 Å². The van der Waals surface area contributed by atoms with Crippen molar-refractivity contribution < 1.29 is 0 Å². The highest BCUT2D eigenvalue weighted by Crippen LogP contribution is 2.31. The third-order valence-electron chi connectivity index (χ3n) is 4.37. The van der Waals surface area contributed by atoms with Gasteiger partial charge in [0.05, 0.1) is 22.1 Å². The fraction of sp³-hybridized carbons (Fsp3) is 0.0526. The number of benzene rings is 2. The maximum atomic E-state index is 4.93. The van der Waals surface area contributed by atoms with Crippen LogP contribution >= 0.6 is 15.9 Å². The van der Waals surface area contributed by atoms with Gasteiger partial charge in [0, 0.05) is 10.7 Å². The van der Waals surface area contributed by atoms with Crippen LogP contribution in [0.3, 0.4) is 0 Å². The van der Waals surface area contributed by atoms with Crippen LogP contribution in [0.5, 0.6) is 0 Å². The van der Waals surface area contributed by atoms with Gasteiger partial charge in [-0.2, -0.15) is 0 Å². The average molecular weight is 377 g/mol. The van der Waals surface area contributed by atoms with Crippen molar-refractivity contribution in [2.24, 2.45) is 0 Å². The van der Waals surface area contributed by atoms with Gasteiger partial charge in [-0.3, -0.25) is 8.97 Å². The lowest BCUT2D eigenvalue weighted by Gasteiger charge is -2.03. The summed E-state index contributed by atoms with van der Waals surface area (Å²) < 4.78 is 5.35. The minimum Gasteiger partial charge on any atom is -0.276 e. The van der Waals surface area contributed by atoms with E-state index in [0.29, 0.717) is 0 Å². The number of para-hydroxylation sites is 1. The number of pyridine rings is 1. The maximum Gasteiger partial charge on any atom is 0.221 e. The Bertz CT molecular complexity index is 1220. The molecule has 0 saturated carbocycles. The summed E-state index contributed by atoms with van der Waals surface area (Å²) >= 11 is 3.58. The van der Waals surface area contributed by atoms with Crippen molar-refractivity contribution in [3.8, 4) is 5.82 Å². The highest BCUT2D eigenvalue weighted by Gasteiger charge is 2.18. The smallest absolute Gasteiger partial charge is 0.221 e. The molecule has 5 rings (SSSR count). The third-order valence-corrected chi connectivity index (χ3v) is 4.86. The van der Waals surface area contributed by atoms with Gasteiger partial charge in [-0.1, -0.05) is 34.1 Å². The van der Waals surface area contributed by atoms with Gasteiger partial charge in [0.25, 0.3) is 0 Å². The van der Waals surface area contributed by atoms with Crippen LogP contribution in [0, 0.1) is 6.92 Å². The van der Waals surface area contributed by atoms with Crippen LogP contribution in [0.15, 0.2) is 65.3 Å². The Labute approximate surface area is 146 Å². The first-order valence-corrected chi connectivity index (χ1v) is 8.52. The molecule has 24 heavy (non-hydrogen) atoms. The van der Waals surface area contributed by atoms with E-state index in [1.54, 1.807) is 0 Å². The molecule has 0 N–H and O–H groups in total. The Morgan fingerprint density at radius 1 is 0.917 bits per heavy atom. The summed E-state index contributed by atoms with van der Waals surface area (Å²) in [5.74, 6) is 1.75. The highest BCUT2D eigenvalue weighted by atomic mass is 79.9. The molecule has 0 aliphatic carbocycles. The van der Waals surface area contributed by atoms with E-state index in [1.807, 2.05) is 24.4 Å². The number of fused-ring (bicyclic) bond motifs is 5. The molecule has 0 aliphatic rings. The lowest BCUT2D eigenvalue weighted by Crippen LogP contribution is -1.97. The van der Waals surface area contributed by atoms with Crippen LogP contribution in [0.25, 0.3) is 33.7 Å². The molecule has 0 radical (unpaired) electrons. The van der Waals surface area contributed by atoms with Crippen molar-refractivity contribution in [2.75, 3.05) is 0 Å². The Hall–Kier alpha value is -2.66. The number of aromatic nitrogens is 4. The molecule has 5 heteroatoms. The lowest BCUT2D eigenvalue weighted by atomic mass is 10.2. The number of aryl methyl sites for hydroxylation is 1. The molecule has 3 heterocycles. The van der Waals surface area contributed by atoms with Gasteiger partial charge in [0.15, 0.2) is 0 Å². The Morgan fingerprint density at radius 2 is 1.83 bits per heavy atom. The highest BCUT2D eigenvalue weighted by molar-refractivity contribution is 9.10. The molecule has 0 fully saturated rings. The number of halogens is 1. The third kappa shape index (κ3) is 1.79. The van der Waals surface area contributed by atoms with Crippen molar-refractivity contribution in [1.82, 2.24) is 18.9 Å². The number of hydrogen-bond donors (Lipinski definition) is 0. The number of imidazole rings is 2. The lowest BCUT2D eigenvalue weighted by molar-refractivity contribution is 1.04. The molecule has 0 saturated heterocycles. The van der Waals surface area contributed by atoms with Gasteiger partial charge < -0.3 is 0 Å². The molecule has 0 atom stereocenters. The number of rotatable bonds is 1. The van der Waals surface area contributed by atoms with Gasteiger partial charge >= 0.3 is 0 Å². The van der Waals surface area contributed by atoms with Crippen molar-refractivity contribution in [2.45, 2.75) is 6.92 Å². The van der Waals surface area contributed by atoms with Gasteiger partial charge in [0.1, 0.15) is 5.82 Å². The molecular formula is C19H13BrN4. The van der Waals surface area contributed by atoms with Crippen LogP contribution in [-0.4, -0.2) is 18.9 Å². The summed E-state index contributed by atoms with van der Waals surface area (Å²) in [5, 5.41) is 0. The molecule has 0 unspecified atom stereocenters. The molecule has 0 aliphatic heterocycles. The standard InChI is InChI=1S/C19H13BrN4/c1-12-5-4-6-15-18(12)22-19-23(15)14-9-8-13(20)11-16(14)24(19)17-7-2-3-10-21-17/h2-11H,1H3. The average Bonchev–Trinajstić information content (AvgIpc) is 3.11. The zero-order chi connectivity index (χ0) is 16.3. The fourth-order valence-corrected chi connectivity index (χ4v) is 3.65. The van der Waals surface area contributed by atoms with Crippen molar-refractivity contribution >= 4 is 43.8 Å². The van der Waals surface area contributed by atoms with Gasteiger partial charge in [0.2, 0.25) is 5.78 Å². The largest absolute Gasteiger partial charge is 0.276 e. The molecule has 116 valence electrons. The molecule has 0 spiro atoms. The van der Waals surface area contributed by atoms with E-state index in [1.165, 1.54) is 5.56 Å². The van der Waals surface area contributed by atoms with E-state index >= 15 is 0 Å². The molecule has 0 bridgehead atoms. The normalized spacial score (nSPS) is 11.8. The van der Waals surface area contributed by atoms with E-state index < -0.39 is 0 Å². The molecule has 0 amide bonds. The minimum atomic E-state index is 0.864. The first-order chi connectivity index (χ1) is 11.7. The second-order valence-electron chi connectivity index (χ2n) is 5.85. The summed E-state index contributed by atoms with van der Waals surface area (Å²) in [6.45, 7) is 2.10. The summed E-state index contributed by atoms with van der Waals surface area (Å²) in [5.41, 5.74) is 5.52. The van der Waals surface area contributed by atoms with Gasteiger partial charge in [-0.25, -0.2) is 9.97 Å². The van der Waals surface area contributed by atoms with E-state index in [4.69, 9.17) is 4.98 Å². The van der Waals surface area contributed by atoms with Crippen molar-refractivity contribution in [1.29, 1.82) is 0 Å². The summed E-state index contributed by atoms with van der Waals surface area (Å²) in [6.07, 6.45) is 1.81. The second-order valence-corrected chi connectivity index (χ2v) is 6.76. The van der Waals surface area contributed by atoms with E-state index in [0.717, 1.165) is 38.1 Å². The van der Waals surface area contributed by atoms with E-state index in [-0.39, 0.29) is 0 Å². The van der Waals surface area contributed by atoms with Crippen LogP contribution in [0.4, 0.5) is 0 Å². The van der Waals surface area contributed by atoms with Crippen LogP contribution in [-0.2, 0) is 0 Å². The van der Waals surface area contributed by atoms with Crippen molar-refractivity contribution in [3.63, 3.8) is 0 Å². The summed E-state index contributed by atoms with van der Waals surface area (Å²) in [4.78, 5) is 9.47. The predicted molar refractivity (Wildman–Crippen MR) is 99.8 cm³/mol. The Balaban J connectivity index is 2.07. The first-order valence-electron chi connectivity index (χ1n) is 7.73. The Morgan fingerprint density at radius 3 is 2.67 bits per heavy atom. The fourth-order valence-electron chi connectivity index (χ4n) is 3.30. The molecule has 4 nitrogen and oxygen atoms in total. The minimum absolute atomic E-state index is 0.864. The summed E-state index contributed by atoms with van der Waals surface area (Å²) in [6, 6.07) is 18.5. The van der Waals surface area contributed by atoms with Crippen LogP contribution < -0.4 is 0 Å². The predicted octanol–water partition coefficient (Wildman–Crippen LogP) is 4.90. The molecular weight excluding hydrogens is 364 g/mol. The number of nitrogens with zero attached hydrogens (tertiary/aromatic N) is 4. The summed E-state index contributed by atoms with van der Waals surface area (Å²) in [7, 11) is 0. The SMILES string of the molecule is Cc1cccc2c1nc1n(-c3ccccn3)c3cc(Br)ccc3n21. The zero-order valence-electron chi connectivity index (χ0n) is 12.9. The Kier molecular flexibility index (Phi) is 2.82. The van der Waals surface area contributed by atoms with Gasteiger partial charge in [-0.05, 0) is 48.9 Å². The molecule has 5 aromatic rings. The maximum absolute atomic E-state index is 4.93. The topological polar surface area (TPSA) is 35.1 Å². The first kappa shape index (κ1) is 13.7. The van der Waals surface area contributed by atoms with E-state index in [2.05, 4.69) is 73.2 Å². The van der Waals surface area contributed by atoms with Crippen LogP contribution in [0.2, 0.25) is 0 Å². The van der Waals surface area contributed by atoms with Crippen LogP contribution in [0.1, 0.15) is 5.56 Å². The monoisotopic (exact) mass is 376 g/mol.